The largest absolute Gasteiger partial charge is 0.383 e. The molecule has 0 saturated heterocycles. The number of rotatable bonds is 8. The predicted octanol–water partition coefficient (Wildman–Crippen LogP) is 3.19. The number of ether oxygens (including phenoxy) is 1. The summed E-state index contributed by atoms with van der Waals surface area (Å²) in [4.78, 5) is 17.6. The van der Waals surface area contributed by atoms with E-state index in [1.165, 1.54) is 0 Å². The van der Waals surface area contributed by atoms with Crippen molar-refractivity contribution in [3.63, 3.8) is 0 Å². The van der Waals surface area contributed by atoms with E-state index in [-0.39, 0.29) is 18.5 Å². The van der Waals surface area contributed by atoms with Crippen molar-refractivity contribution in [2.24, 2.45) is 0 Å². The van der Waals surface area contributed by atoms with Crippen LogP contribution in [0.3, 0.4) is 0 Å². The Kier molecular flexibility index (Phi) is 7.17. The first-order valence-corrected chi connectivity index (χ1v) is 8.93. The molecule has 1 aromatic carbocycles. The highest BCUT2D eigenvalue weighted by Crippen LogP contribution is 2.32. The summed E-state index contributed by atoms with van der Waals surface area (Å²) >= 11 is 7.52. The minimum atomic E-state index is -0.0831. The highest BCUT2D eigenvalue weighted by atomic mass is 35.5. The van der Waals surface area contributed by atoms with Crippen LogP contribution in [0.15, 0.2) is 24.3 Å². The minimum absolute atomic E-state index is 0.0422. The van der Waals surface area contributed by atoms with Gasteiger partial charge in [-0.05, 0) is 26.0 Å². The number of nitrogens with one attached hydrogen (secondary N) is 2. The molecule has 2 N–H and O–H groups in total. The van der Waals surface area contributed by atoms with Crippen LogP contribution in [0.4, 0.5) is 0 Å². The smallest absolute Gasteiger partial charge is 0.234 e. The lowest BCUT2D eigenvalue weighted by Crippen LogP contribution is -2.36. The highest BCUT2D eigenvalue weighted by Gasteiger charge is 2.17. The van der Waals surface area contributed by atoms with E-state index in [0.29, 0.717) is 18.2 Å². The highest BCUT2D eigenvalue weighted by molar-refractivity contribution is 7.15. The molecule has 5 nitrogen and oxygen atoms in total. The predicted molar refractivity (Wildman–Crippen MR) is 98.6 cm³/mol. The Balaban J connectivity index is 1.98. The van der Waals surface area contributed by atoms with Gasteiger partial charge in [0.15, 0.2) is 0 Å². The third kappa shape index (κ3) is 5.27. The normalized spacial score (nSPS) is 12.2. The zero-order valence-electron chi connectivity index (χ0n) is 14.1. The molecule has 0 aliphatic carbocycles. The molecule has 0 aliphatic heterocycles. The number of carbonyl (C=O) groups excluding carboxylic acids is 1. The summed E-state index contributed by atoms with van der Waals surface area (Å²) < 4.78 is 4.93. The summed E-state index contributed by atoms with van der Waals surface area (Å²) in [7, 11) is 1.63. The molecule has 0 spiro atoms. The number of methoxy groups -OCH3 is 1. The quantitative estimate of drug-likeness (QED) is 0.703. The third-order valence-corrected chi connectivity index (χ3v) is 5.10. The van der Waals surface area contributed by atoms with Gasteiger partial charge in [-0.2, -0.15) is 0 Å². The van der Waals surface area contributed by atoms with Crippen molar-refractivity contribution < 1.29 is 9.53 Å². The fourth-order valence-corrected chi connectivity index (χ4v) is 3.46. The zero-order valence-corrected chi connectivity index (χ0v) is 15.6. The van der Waals surface area contributed by atoms with Gasteiger partial charge >= 0.3 is 0 Å². The molecule has 1 atom stereocenters. The van der Waals surface area contributed by atoms with E-state index >= 15 is 0 Å². The Morgan fingerprint density at radius 1 is 1.38 bits per heavy atom. The number of hydrogen-bond donors (Lipinski definition) is 2. The van der Waals surface area contributed by atoms with E-state index in [2.05, 4.69) is 15.6 Å². The Morgan fingerprint density at radius 3 is 2.75 bits per heavy atom. The third-order valence-electron chi connectivity index (χ3n) is 3.46. The number of hydrogen-bond acceptors (Lipinski definition) is 5. The Hall–Kier alpha value is -1.47. The van der Waals surface area contributed by atoms with Gasteiger partial charge < -0.3 is 15.4 Å². The zero-order chi connectivity index (χ0) is 17.5. The Labute approximate surface area is 151 Å². The molecule has 0 fully saturated rings. The second-order valence-corrected chi connectivity index (χ2v) is 6.90. The average Bonchev–Trinajstić information content (AvgIpc) is 2.94. The maximum Gasteiger partial charge on any atom is 0.234 e. The summed E-state index contributed by atoms with van der Waals surface area (Å²) in [6, 6.07) is 7.52. The van der Waals surface area contributed by atoms with Gasteiger partial charge in [0, 0.05) is 24.2 Å². The summed E-state index contributed by atoms with van der Waals surface area (Å²) in [5.74, 6) is -0.0422. The van der Waals surface area contributed by atoms with Gasteiger partial charge in [0.25, 0.3) is 0 Å². The molecule has 0 bridgehead atoms. The molecule has 1 amide bonds. The molecule has 0 aliphatic rings. The van der Waals surface area contributed by atoms with Gasteiger partial charge in [0.2, 0.25) is 5.91 Å². The maximum atomic E-state index is 12.0. The van der Waals surface area contributed by atoms with Crippen molar-refractivity contribution >= 4 is 28.8 Å². The minimum Gasteiger partial charge on any atom is -0.383 e. The van der Waals surface area contributed by atoms with Crippen LogP contribution in [0.25, 0.3) is 10.6 Å². The van der Waals surface area contributed by atoms with E-state index in [9.17, 15) is 4.79 Å². The van der Waals surface area contributed by atoms with E-state index in [4.69, 9.17) is 16.3 Å². The molecule has 1 heterocycles. The van der Waals surface area contributed by atoms with Crippen LogP contribution in [0.1, 0.15) is 23.5 Å². The van der Waals surface area contributed by atoms with Gasteiger partial charge in [-0.1, -0.05) is 23.7 Å². The van der Waals surface area contributed by atoms with Crippen molar-refractivity contribution in [3.8, 4) is 10.6 Å². The second kappa shape index (κ2) is 9.13. The van der Waals surface area contributed by atoms with Gasteiger partial charge in [-0.15, -0.1) is 11.3 Å². The molecular formula is C17H22ClN3O2S. The van der Waals surface area contributed by atoms with Crippen molar-refractivity contribution in [1.82, 2.24) is 15.6 Å². The fourth-order valence-electron chi connectivity index (χ4n) is 2.26. The monoisotopic (exact) mass is 367 g/mol. The number of nitrogens with zero attached hydrogens (tertiary/aromatic N) is 1. The molecule has 1 aromatic heterocycles. The Morgan fingerprint density at radius 2 is 2.08 bits per heavy atom. The van der Waals surface area contributed by atoms with Gasteiger partial charge in [0.05, 0.1) is 29.8 Å². The first-order valence-electron chi connectivity index (χ1n) is 7.73. The van der Waals surface area contributed by atoms with Crippen molar-refractivity contribution in [2.45, 2.75) is 19.9 Å². The number of thiazole rings is 1. The van der Waals surface area contributed by atoms with Gasteiger partial charge in [-0.25, -0.2) is 4.98 Å². The van der Waals surface area contributed by atoms with Crippen LogP contribution in [-0.4, -0.2) is 37.7 Å². The molecule has 0 saturated carbocycles. The number of aryl methyl sites for hydroxylation is 1. The average molecular weight is 368 g/mol. The Bertz CT molecular complexity index is 673. The topological polar surface area (TPSA) is 63.2 Å². The summed E-state index contributed by atoms with van der Waals surface area (Å²) in [6.45, 7) is 5.44. The molecule has 2 rings (SSSR count). The molecule has 130 valence electrons. The van der Waals surface area contributed by atoms with Crippen LogP contribution < -0.4 is 10.6 Å². The fraction of sp³-hybridized carbons (Fsp3) is 0.412. The van der Waals surface area contributed by atoms with E-state index < -0.39 is 0 Å². The number of aromatic nitrogens is 1. The first kappa shape index (κ1) is 18.9. The molecule has 0 radical (unpaired) electrons. The van der Waals surface area contributed by atoms with Crippen LogP contribution >= 0.6 is 22.9 Å². The molecule has 24 heavy (non-hydrogen) atoms. The maximum absolute atomic E-state index is 12.0. The standard InChI is InChI=1S/C17H22ClN3O2S/c1-11(20-15(22)10-19-8-9-23-3)16-12(2)21-17(24-16)13-4-6-14(18)7-5-13/h4-7,11,19H,8-10H2,1-3H3,(H,20,22). The second-order valence-electron chi connectivity index (χ2n) is 5.43. The molecular weight excluding hydrogens is 346 g/mol. The van der Waals surface area contributed by atoms with Crippen molar-refractivity contribution in [2.75, 3.05) is 26.8 Å². The lowest BCUT2D eigenvalue weighted by molar-refractivity contribution is -0.120. The van der Waals surface area contributed by atoms with Gasteiger partial charge in [-0.3, -0.25) is 4.79 Å². The SMILES string of the molecule is COCCNCC(=O)NC(C)c1sc(-c2ccc(Cl)cc2)nc1C. The molecule has 2 aromatic rings. The number of halogens is 1. The van der Waals surface area contributed by atoms with E-state index in [1.54, 1.807) is 18.4 Å². The van der Waals surface area contributed by atoms with Crippen LogP contribution in [0.5, 0.6) is 0 Å². The summed E-state index contributed by atoms with van der Waals surface area (Å²) in [5.41, 5.74) is 1.96. The van der Waals surface area contributed by atoms with E-state index in [1.807, 2.05) is 38.1 Å². The van der Waals surface area contributed by atoms with Crippen molar-refractivity contribution in [1.29, 1.82) is 0 Å². The lowest BCUT2D eigenvalue weighted by atomic mass is 10.2. The van der Waals surface area contributed by atoms with Crippen molar-refractivity contribution in [3.05, 3.63) is 39.9 Å². The van der Waals surface area contributed by atoms with Crippen LogP contribution in [0, 0.1) is 6.92 Å². The number of benzene rings is 1. The molecule has 1 unspecified atom stereocenters. The lowest BCUT2D eigenvalue weighted by Gasteiger charge is -2.13. The first-order chi connectivity index (χ1) is 11.5. The van der Waals surface area contributed by atoms with Crippen LogP contribution in [-0.2, 0) is 9.53 Å². The van der Waals surface area contributed by atoms with E-state index in [0.717, 1.165) is 21.1 Å². The molecule has 7 heteroatoms. The number of carbonyl (C=O) groups is 1. The number of amides is 1. The van der Waals surface area contributed by atoms with Crippen LogP contribution in [0.2, 0.25) is 5.02 Å². The summed E-state index contributed by atoms with van der Waals surface area (Å²) in [5, 5.41) is 7.66. The summed E-state index contributed by atoms with van der Waals surface area (Å²) in [6.07, 6.45) is 0. The van der Waals surface area contributed by atoms with Gasteiger partial charge in [0.1, 0.15) is 5.01 Å².